The summed E-state index contributed by atoms with van der Waals surface area (Å²) in [6.45, 7) is 0.490. The van der Waals surface area contributed by atoms with Crippen molar-refractivity contribution in [1.82, 2.24) is 0 Å². The molecule has 0 unspecified atom stereocenters. The second-order valence-electron chi connectivity index (χ2n) is 3.14. The van der Waals surface area contributed by atoms with E-state index in [4.69, 9.17) is 26.2 Å². The summed E-state index contributed by atoms with van der Waals surface area (Å²) in [6.07, 6.45) is 1.97. The molecule has 0 saturated carbocycles. The van der Waals surface area contributed by atoms with Gasteiger partial charge in [0, 0.05) is 5.75 Å². The SMILES string of the molecule is COc1cc(C(=O)O)cc(Cl)c1OCCSC. The molecule has 1 aromatic rings. The maximum absolute atomic E-state index is 10.8. The number of hydrogen-bond acceptors (Lipinski definition) is 4. The van der Waals surface area contributed by atoms with Crippen molar-refractivity contribution >= 4 is 29.3 Å². The van der Waals surface area contributed by atoms with Crippen LogP contribution in [0.25, 0.3) is 0 Å². The van der Waals surface area contributed by atoms with Gasteiger partial charge in [0.05, 0.1) is 24.3 Å². The third kappa shape index (κ3) is 3.71. The van der Waals surface area contributed by atoms with Crippen molar-refractivity contribution in [2.24, 2.45) is 0 Å². The van der Waals surface area contributed by atoms with Crippen LogP contribution in [0.1, 0.15) is 10.4 Å². The quantitative estimate of drug-likeness (QED) is 0.810. The van der Waals surface area contributed by atoms with Crippen LogP contribution in [0.5, 0.6) is 11.5 Å². The molecule has 0 aliphatic rings. The number of methoxy groups -OCH3 is 1. The summed E-state index contributed by atoms with van der Waals surface area (Å²) < 4.78 is 10.5. The van der Waals surface area contributed by atoms with Gasteiger partial charge in [-0.15, -0.1) is 0 Å². The molecule has 17 heavy (non-hydrogen) atoms. The lowest BCUT2D eigenvalue weighted by Gasteiger charge is -2.12. The van der Waals surface area contributed by atoms with Crippen LogP contribution < -0.4 is 9.47 Å². The van der Waals surface area contributed by atoms with E-state index in [0.29, 0.717) is 18.1 Å². The monoisotopic (exact) mass is 276 g/mol. The van der Waals surface area contributed by atoms with E-state index < -0.39 is 5.97 Å². The highest BCUT2D eigenvalue weighted by Crippen LogP contribution is 2.36. The number of hydrogen-bond donors (Lipinski definition) is 1. The van der Waals surface area contributed by atoms with Crippen molar-refractivity contribution < 1.29 is 19.4 Å². The predicted molar refractivity (Wildman–Crippen MR) is 68.8 cm³/mol. The summed E-state index contributed by atoms with van der Waals surface area (Å²) in [5, 5.41) is 9.11. The number of rotatable bonds is 6. The Labute approximate surface area is 109 Å². The van der Waals surface area contributed by atoms with Crippen LogP contribution in [0.4, 0.5) is 0 Å². The number of carbonyl (C=O) groups is 1. The van der Waals surface area contributed by atoms with E-state index in [2.05, 4.69) is 0 Å². The van der Waals surface area contributed by atoms with Gasteiger partial charge in [-0.25, -0.2) is 4.79 Å². The van der Waals surface area contributed by atoms with Crippen molar-refractivity contribution in [3.63, 3.8) is 0 Å². The fraction of sp³-hybridized carbons (Fsp3) is 0.364. The van der Waals surface area contributed by atoms with Gasteiger partial charge in [-0.1, -0.05) is 11.6 Å². The van der Waals surface area contributed by atoms with Crippen molar-refractivity contribution in [1.29, 1.82) is 0 Å². The highest BCUT2D eigenvalue weighted by atomic mass is 35.5. The fourth-order valence-electron chi connectivity index (χ4n) is 1.21. The molecule has 0 amide bonds. The summed E-state index contributed by atoms with van der Waals surface area (Å²) in [5.74, 6) is 0.477. The standard InChI is InChI=1S/C11H13ClO4S/c1-15-9-6-7(11(13)14)5-8(12)10(9)16-3-4-17-2/h5-6H,3-4H2,1-2H3,(H,13,14). The number of halogens is 1. The van der Waals surface area contributed by atoms with Crippen LogP contribution in [-0.4, -0.2) is 36.8 Å². The van der Waals surface area contributed by atoms with Crippen LogP contribution in [0.2, 0.25) is 5.02 Å². The normalized spacial score (nSPS) is 10.1. The number of benzene rings is 1. The van der Waals surface area contributed by atoms with E-state index in [-0.39, 0.29) is 10.6 Å². The second kappa shape index (κ2) is 6.61. The lowest BCUT2D eigenvalue weighted by atomic mass is 10.2. The van der Waals surface area contributed by atoms with E-state index in [1.807, 2.05) is 6.26 Å². The molecule has 0 spiro atoms. The minimum Gasteiger partial charge on any atom is -0.493 e. The molecular formula is C11H13ClO4S. The summed E-state index contributed by atoms with van der Waals surface area (Å²) >= 11 is 7.61. The van der Waals surface area contributed by atoms with Crippen molar-refractivity contribution in [2.45, 2.75) is 0 Å². The third-order valence-corrected chi connectivity index (χ3v) is 2.87. The Morgan fingerprint density at radius 3 is 2.76 bits per heavy atom. The van der Waals surface area contributed by atoms with Crippen molar-refractivity contribution in [2.75, 3.05) is 25.7 Å². The largest absolute Gasteiger partial charge is 0.493 e. The summed E-state index contributed by atoms with van der Waals surface area (Å²) in [7, 11) is 1.44. The maximum Gasteiger partial charge on any atom is 0.335 e. The number of ether oxygens (including phenoxy) is 2. The minimum absolute atomic E-state index is 0.0732. The Morgan fingerprint density at radius 1 is 1.53 bits per heavy atom. The molecule has 1 rings (SSSR count). The second-order valence-corrected chi connectivity index (χ2v) is 4.53. The van der Waals surface area contributed by atoms with Crippen LogP contribution >= 0.6 is 23.4 Å². The average Bonchev–Trinajstić information content (AvgIpc) is 2.30. The first kappa shape index (κ1) is 14.0. The Morgan fingerprint density at radius 2 is 2.24 bits per heavy atom. The van der Waals surface area contributed by atoms with Gasteiger partial charge in [0.25, 0.3) is 0 Å². The molecule has 0 aliphatic carbocycles. The molecule has 94 valence electrons. The van der Waals surface area contributed by atoms with E-state index in [9.17, 15) is 4.79 Å². The molecule has 0 aliphatic heterocycles. The topological polar surface area (TPSA) is 55.8 Å². The van der Waals surface area contributed by atoms with E-state index in [0.717, 1.165) is 5.75 Å². The van der Waals surface area contributed by atoms with Gasteiger partial charge in [-0.3, -0.25) is 0 Å². The first-order chi connectivity index (χ1) is 8.10. The Balaban J connectivity index is 2.99. The van der Waals surface area contributed by atoms with Gasteiger partial charge in [-0.05, 0) is 18.4 Å². The molecule has 0 aromatic heterocycles. The number of aromatic carboxylic acids is 1. The number of thioether (sulfide) groups is 1. The highest BCUT2D eigenvalue weighted by molar-refractivity contribution is 7.98. The smallest absolute Gasteiger partial charge is 0.335 e. The first-order valence-corrected chi connectivity index (χ1v) is 6.60. The molecule has 0 heterocycles. The molecule has 0 saturated heterocycles. The van der Waals surface area contributed by atoms with Gasteiger partial charge in [0.2, 0.25) is 0 Å². The van der Waals surface area contributed by atoms with Crippen molar-refractivity contribution in [3.05, 3.63) is 22.7 Å². The third-order valence-electron chi connectivity index (χ3n) is 2.01. The molecular weight excluding hydrogens is 264 g/mol. The van der Waals surface area contributed by atoms with E-state index in [1.165, 1.54) is 19.2 Å². The van der Waals surface area contributed by atoms with E-state index in [1.54, 1.807) is 11.8 Å². The lowest BCUT2D eigenvalue weighted by Crippen LogP contribution is -2.04. The fourth-order valence-corrected chi connectivity index (χ4v) is 1.73. The summed E-state index contributed by atoms with van der Waals surface area (Å²) in [5.41, 5.74) is 0.0732. The van der Waals surface area contributed by atoms with Gasteiger partial charge in [0.15, 0.2) is 11.5 Å². The zero-order valence-electron chi connectivity index (χ0n) is 9.53. The van der Waals surface area contributed by atoms with Crippen molar-refractivity contribution in [3.8, 4) is 11.5 Å². The van der Waals surface area contributed by atoms with Gasteiger partial charge in [0.1, 0.15) is 0 Å². The number of carboxylic acids is 1. The average molecular weight is 277 g/mol. The zero-order chi connectivity index (χ0) is 12.8. The first-order valence-electron chi connectivity index (χ1n) is 4.82. The molecule has 1 N–H and O–H groups in total. The molecule has 4 nitrogen and oxygen atoms in total. The van der Waals surface area contributed by atoms with Gasteiger partial charge in [-0.2, -0.15) is 11.8 Å². The molecule has 0 atom stereocenters. The zero-order valence-corrected chi connectivity index (χ0v) is 11.1. The van der Waals surface area contributed by atoms with Gasteiger partial charge >= 0.3 is 5.97 Å². The van der Waals surface area contributed by atoms with Crippen LogP contribution in [0, 0.1) is 0 Å². The molecule has 6 heteroatoms. The maximum atomic E-state index is 10.8. The van der Waals surface area contributed by atoms with Gasteiger partial charge < -0.3 is 14.6 Å². The highest BCUT2D eigenvalue weighted by Gasteiger charge is 2.15. The van der Waals surface area contributed by atoms with Crippen LogP contribution in [0.15, 0.2) is 12.1 Å². The molecule has 1 aromatic carbocycles. The van der Waals surface area contributed by atoms with Crippen LogP contribution in [-0.2, 0) is 0 Å². The Bertz CT molecular complexity index is 409. The Kier molecular flexibility index (Phi) is 5.44. The minimum atomic E-state index is -1.05. The molecule has 0 bridgehead atoms. The summed E-state index contributed by atoms with van der Waals surface area (Å²) in [6, 6.07) is 2.74. The predicted octanol–water partition coefficient (Wildman–Crippen LogP) is 2.79. The number of carboxylic acid groups (broad SMARTS) is 1. The molecule has 0 radical (unpaired) electrons. The summed E-state index contributed by atoms with van der Waals surface area (Å²) in [4.78, 5) is 10.8. The Hall–Kier alpha value is -1.07. The lowest BCUT2D eigenvalue weighted by molar-refractivity contribution is 0.0696. The molecule has 0 fully saturated rings. The van der Waals surface area contributed by atoms with Crippen LogP contribution in [0.3, 0.4) is 0 Å². The van der Waals surface area contributed by atoms with E-state index >= 15 is 0 Å².